The van der Waals surface area contributed by atoms with E-state index in [4.69, 9.17) is 16.9 Å². The van der Waals surface area contributed by atoms with Crippen molar-refractivity contribution in [3.63, 3.8) is 0 Å². The number of H-pyrrole nitrogens is 1. The molecular weight excluding hydrogens is 286 g/mol. The molecule has 0 spiro atoms. The number of pyridine rings is 1. The number of nitrogens with one attached hydrogen (secondary N) is 1. The highest BCUT2D eigenvalue weighted by atomic mass is 35.5. The average Bonchev–Trinajstić information content (AvgIpc) is 3.17. The predicted molar refractivity (Wildman–Crippen MR) is 69.2 cm³/mol. The van der Waals surface area contributed by atoms with E-state index in [1.165, 1.54) is 18.0 Å². The molecule has 19 heavy (non-hydrogen) atoms. The summed E-state index contributed by atoms with van der Waals surface area (Å²) in [5.74, 6) is 0. The van der Waals surface area contributed by atoms with Crippen molar-refractivity contribution in [2.45, 2.75) is 29.1 Å². The summed E-state index contributed by atoms with van der Waals surface area (Å²) in [6.45, 7) is 0. The summed E-state index contributed by atoms with van der Waals surface area (Å²) in [5, 5.41) is 16.6. The van der Waals surface area contributed by atoms with Gasteiger partial charge in [0, 0.05) is 12.2 Å². The Balaban J connectivity index is 1.98. The first-order chi connectivity index (χ1) is 9.20. The third kappa shape index (κ3) is 2.25. The lowest BCUT2D eigenvalue weighted by Crippen LogP contribution is -2.16. The van der Waals surface area contributed by atoms with Crippen LogP contribution in [0.3, 0.4) is 0 Å². The van der Waals surface area contributed by atoms with Crippen molar-refractivity contribution >= 4 is 23.4 Å². The molecule has 0 saturated heterocycles. The van der Waals surface area contributed by atoms with Crippen molar-refractivity contribution in [3.8, 4) is 6.07 Å². The fourth-order valence-electron chi connectivity index (χ4n) is 1.69. The summed E-state index contributed by atoms with van der Waals surface area (Å²) in [4.78, 5) is 15.8. The number of nitriles is 1. The maximum Gasteiger partial charge on any atom is 0.344 e. The summed E-state index contributed by atoms with van der Waals surface area (Å²) < 4.78 is 1.61. The Hall–Kier alpha value is -1.78. The quantitative estimate of drug-likeness (QED) is 0.935. The van der Waals surface area contributed by atoms with Crippen molar-refractivity contribution in [3.05, 3.63) is 33.3 Å². The van der Waals surface area contributed by atoms with Gasteiger partial charge in [0.2, 0.25) is 0 Å². The molecule has 0 bridgehead atoms. The van der Waals surface area contributed by atoms with Crippen LogP contribution in [-0.2, 0) is 0 Å². The first-order valence-corrected chi connectivity index (χ1v) is 6.79. The molecule has 0 atom stereocenters. The van der Waals surface area contributed by atoms with Crippen LogP contribution in [0.4, 0.5) is 0 Å². The standard InChI is InChI=1S/C11H8ClN5OS/c12-8-6(5-13)3-4-14-9(8)19-11-16-15-10(18)17(11)7-1-2-7/h3-4,7H,1-2H2,(H,15,18). The first-order valence-electron chi connectivity index (χ1n) is 5.60. The number of aromatic nitrogens is 4. The van der Waals surface area contributed by atoms with Crippen LogP contribution in [0.15, 0.2) is 27.2 Å². The van der Waals surface area contributed by atoms with E-state index in [2.05, 4.69) is 15.2 Å². The van der Waals surface area contributed by atoms with Gasteiger partial charge in [0.05, 0.1) is 10.6 Å². The van der Waals surface area contributed by atoms with Gasteiger partial charge in [-0.15, -0.1) is 5.10 Å². The highest BCUT2D eigenvalue weighted by Gasteiger charge is 2.29. The van der Waals surface area contributed by atoms with Gasteiger partial charge in [0.25, 0.3) is 0 Å². The number of halogens is 1. The monoisotopic (exact) mass is 293 g/mol. The number of nitrogens with zero attached hydrogens (tertiary/aromatic N) is 4. The second-order valence-corrected chi connectivity index (χ2v) is 5.44. The Labute approximate surface area is 117 Å². The molecule has 1 aliphatic rings. The van der Waals surface area contributed by atoms with Crippen molar-refractivity contribution in [2.24, 2.45) is 0 Å². The number of hydrogen-bond acceptors (Lipinski definition) is 5. The Morgan fingerprint density at radius 1 is 1.58 bits per heavy atom. The van der Waals surface area contributed by atoms with Gasteiger partial charge in [0.15, 0.2) is 5.16 Å². The molecule has 1 saturated carbocycles. The number of hydrogen-bond donors (Lipinski definition) is 1. The highest BCUT2D eigenvalue weighted by molar-refractivity contribution is 7.99. The van der Waals surface area contributed by atoms with Crippen LogP contribution in [0.25, 0.3) is 0 Å². The molecule has 2 aromatic rings. The van der Waals surface area contributed by atoms with E-state index in [1.54, 1.807) is 10.6 Å². The van der Waals surface area contributed by atoms with Crippen LogP contribution in [0.5, 0.6) is 0 Å². The smallest absolute Gasteiger partial charge is 0.267 e. The lowest BCUT2D eigenvalue weighted by atomic mass is 10.3. The zero-order valence-electron chi connectivity index (χ0n) is 9.63. The van der Waals surface area contributed by atoms with Gasteiger partial charge in [-0.25, -0.2) is 14.9 Å². The molecule has 3 rings (SSSR count). The molecule has 2 heterocycles. The maximum atomic E-state index is 11.6. The van der Waals surface area contributed by atoms with Gasteiger partial charge in [-0.2, -0.15) is 5.26 Å². The summed E-state index contributed by atoms with van der Waals surface area (Å²) >= 11 is 7.27. The van der Waals surface area contributed by atoms with E-state index in [-0.39, 0.29) is 16.8 Å². The molecule has 0 aromatic carbocycles. The SMILES string of the molecule is N#Cc1ccnc(Sc2n[nH]c(=O)n2C2CC2)c1Cl. The van der Waals surface area contributed by atoms with E-state index >= 15 is 0 Å². The minimum absolute atomic E-state index is 0.215. The molecule has 1 N–H and O–H groups in total. The van der Waals surface area contributed by atoms with Crippen LogP contribution in [0.1, 0.15) is 24.4 Å². The summed E-state index contributed by atoms with van der Waals surface area (Å²) in [6, 6.07) is 3.76. The van der Waals surface area contributed by atoms with Gasteiger partial charge in [-0.3, -0.25) is 4.57 Å². The molecule has 0 unspecified atom stereocenters. The Morgan fingerprint density at radius 2 is 2.37 bits per heavy atom. The minimum atomic E-state index is -0.224. The molecule has 0 radical (unpaired) electrons. The molecule has 1 fully saturated rings. The van der Waals surface area contributed by atoms with Crippen molar-refractivity contribution in [1.82, 2.24) is 19.7 Å². The van der Waals surface area contributed by atoms with Gasteiger partial charge >= 0.3 is 5.69 Å². The molecule has 0 amide bonds. The Kier molecular flexibility index (Phi) is 3.05. The number of aromatic amines is 1. The highest BCUT2D eigenvalue weighted by Crippen LogP contribution is 2.38. The summed E-state index contributed by atoms with van der Waals surface area (Å²) in [6.07, 6.45) is 3.47. The third-order valence-electron chi connectivity index (χ3n) is 2.75. The van der Waals surface area contributed by atoms with Crippen molar-refractivity contribution in [1.29, 1.82) is 5.26 Å². The Bertz CT molecular complexity index is 727. The average molecular weight is 294 g/mol. The molecule has 96 valence electrons. The van der Waals surface area contributed by atoms with Gasteiger partial charge in [0.1, 0.15) is 11.1 Å². The van der Waals surface area contributed by atoms with Gasteiger partial charge in [-0.05, 0) is 30.7 Å². The van der Waals surface area contributed by atoms with Crippen LogP contribution in [0, 0.1) is 11.3 Å². The van der Waals surface area contributed by atoms with E-state index in [1.807, 2.05) is 6.07 Å². The molecule has 0 aliphatic heterocycles. The lowest BCUT2D eigenvalue weighted by molar-refractivity contribution is 0.642. The van der Waals surface area contributed by atoms with Gasteiger partial charge < -0.3 is 0 Å². The van der Waals surface area contributed by atoms with Crippen molar-refractivity contribution < 1.29 is 0 Å². The maximum absolute atomic E-state index is 11.6. The molecule has 2 aromatic heterocycles. The predicted octanol–water partition coefficient (Wildman–Crippen LogP) is 1.98. The van der Waals surface area contributed by atoms with E-state index < -0.39 is 0 Å². The topological polar surface area (TPSA) is 87.4 Å². The van der Waals surface area contributed by atoms with E-state index in [9.17, 15) is 4.79 Å². The van der Waals surface area contributed by atoms with Crippen LogP contribution in [-0.4, -0.2) is 19.7 Å². The second-order valence-electron chi connectivity index (χ2n) is 4.10. The van der Waals surface area contributed by atoms with Crippen LogP contribution >= 0.6 is 23.4 Å². The molecular formula is C11H8ClN5OS. The summed E-state index contributed by atoms with van der Waals surface area (Å²) in [7, 11) is 0. The first kappa shape index (κ1) is 12.3. The fraction of sp³-hybridized carbons (Fsp3) is 0.273. The fourth-order valence-corrected chi connectivity index (χ4v) is 2.86. The van der Waals surface area contributed by atoms with E-state index in [0.29, 0.717) is 15.7 Å². The van der Waals surface area contributed by atoms with Crippen molar-refractivity contribution in [2.75, 3.05) is 0 Å². The zero-order valence-corrected chi connectivity index (χ0v) is 11.2. The molecule has 1 aliphatic carbocycles. The largest absolute Gasteiger partial charge is 0.344 e. The van der Waals surface area contributed by atoms with Gasteiger partial charge in [-0.1, -0.05) is 11.6 Å². The summed E-state index contributed by atoms with van der Waals surface area (Å²) in [5.41, 5.74) is 0.132. The van der Waals surface area contributed by atoms with Crippen LogP contribution < -0.4 is 5.69 Å². The molecule has 6 nitrogen and oxygen atoms in total. The normalized spacial score (nSPS) is 14.3. The van der Waals surface area contributed by atoms with Crippen LogP contribution in [0.2, 0.25) is 5.02 Å². The second kappa shape index (κ2) is 4.72. The zero-order chi connectivity index (χ0) is 13.4. The number of rotatable bonds is 3. The Morgan fingerprint density at radius 3 is 3.05 bits per heavy atom. The lowest BCUT2D eigenvalue weighted by Gasteiger charge is -2.04. The molecule has 8 heteroatoms. The third-order valence-corrected chi connectivity index (χ3v) is 4.22. The minimum Gasteiger partial charge on any atom is -0.267 e. The van der Waals surface area contributed by atoms with E-state index in [0.717, 1.165) is 12.8 Å².